The second-order valence-corrected chi connectivity index (χ2v) is 5.59. The van der Waals surface area contributed by atoms with Crippen molar-refractivity contribution in [1.29, 1.82) is 0 Å². The van der Waals surface area contributed by atoms with Gasteiger partial charge in [-0.25, -0.2) is 4.98 Å². The van der Waals surface area contributed by atoms with Crippen LogP contribution in [0.3, 0.4) is 0 Å². The molecule has 0 bridgehead atoms. The van der Waals surface area contributed by atoms with Crippen LogP contribution in [0.15, 0.2) is 24.4 Å². The molecule has 110 valence electrons. The van der Waals surface area contributed by atoms with Crippen LogP contribution in [0, 0.1) is 0 Å². The molecule has 1 atom stereocenters. The zero-order chi connectivity index (χ0) is 15.2. The number of hydrogen-bond acceptors (Lipinski definition) is 4. The number of nitrogens with zero attached hydrogens (tertiary/aromatic N) is 2. The summed E-state index contributed by atoms with van der Waals surface area (Å²) in [5.41, 5.74) is -0.173. The van der Waals surface area contributed by atoms with E-state index in [0.717, 1.165) is 5.56 Å². The minimum absolute atomic E-state index is 0.186. The summed E-state index contributed by atoms with van der Waals surface area (Å²) in [5.74, 6) is -0.267. The first kappa shape index (κ1) is 16.6. The molecule has 2 N–H and O–H groups in total. The van der Waals surface area contributed by atoms with Crippen LogP contribution in [-0.2, 0) is 4.79 Å². The first-order chi connectivity index (χ1) is 9.28. The topological polar surface area (TPSA) is 65.5 Å². The van der Waals surface area contributed by atoms with Gasteiger partial charge in [0.05, 0.1) is 5.60 Å². The van der Waals surface area contributed by atoms with Gasteiger partial charge in [-0.1, -0.05) is 11.6 Å². The highest BCUT2D eigenvalue weighted by Gasteiger charge is 2.21. The molecule has 0 aliphatic carbocycles. The number of rotatable bonds is 6. The number of hydrogen-bond donors (Lipinski definition) is 2. The molecular weight excluding hydrogens is 278 g/mol. The molecule has 20 heavy (non-hydrogen) atoms. The van der Waals surface area contributed by atoms with Crippen LogP contribution in [0.1, 0.15) is 12.5 Å². The Labute approximate surface area is 124 Å². The Morgan fingerprint density at radius 1 is 1.60 bits per heavy atom. The van der Waals surface area contributed by atoms with E-state index in [1.807, 2.05) is 19.0 Å². The highest BCUT2D eigenvalue weighted by atomic mass is 35.5. The van der Waals surface area contributed by atoms with E-state index in [-0.39, 0.29) is 12.5 Å². The molecule has 6 heteroatoms. The van der Waals surface area contributed by atoms with Gasteiger partial charge in [-0.15, -0.1) is 0 Å². The number of amides is 1. The SMILES string of the molecule is CN(C)CC(C)(O)CNC(=O)/C=C/c1ccnc(Cl)c1. The van der Waals surface area contributed by atoms with Gasteiger partial charge in [0.25, 0.3) is 0 Å². The van der Waals surface area contributed by atoms with Crippen molar-refractivity contribution in [1.82, 2.24) is 15.2 Å². The van der Waals surface area contributed by atoms with Crippen LogP contribution in [0.25, 0.3) is 6.08 Å². The number of carbonyl (C=O) groups is 1. The van der Waals surface area contributed by atoms with Crippen LogP contribution >= 0.6 is 11.6 Å². The molecule has 1 aromatic heterocycles. The molecule has 0 spiro atoms. The van der Waals surface area contributed by atoms with Gasteiger partial charge in [0, 0.05) is 25.4 Å². The largest absolute Gasteiger partial charge is 0.387 e. The number of nitrogens with one attached hydrogen (secondary N) is 1. The third-order valence-electron chi connectivity index (χ3n) is 2.48. The van der Waals surface area contributed by atoms with Gasteiger partial charge in [0.2, 0.25) is 5.91 Å². The number of likely N-dealkylation sites (N-methyl/N-ethyl adjacent to an activating group) is 1. The maximum absolute atomic E-state index is 11.7. The lowest BCUT2D eigenvalue weighted by atomic mass is 10.1. The van der Waals surface area contributed by atoms with Gasteiger partial charge in [-0.2, -0.15) is 0 Å². The third-order valence-corrected chi connectivity index (χ3v) is 2.68. The van der Waals surface area contributed by atoms with E-state index < -0.39 is 5.60 Å². The summed E-state index contributed by atoms with van der Waals surface area (Å²) in [6, 6.07) is 3.41. The number of carbonyl (C=O) groups excluding carboxylic acids is 1. The average molecular weight is 298 g/mol. The maximum atomic E-state index is 11.7. The zero-order valence-electron chi connectivity index (χ0n) is 11.9. The van der Waals surface area contributed by atoms with Gasteiger partial charge < -0.3 is 15.3 Å². The lowest BCUT2D eigenvalue weighted by Gasteiger charge is -2.26. The summed E-state index contributed by atoms with van der Waals surface area (Å²) >= 11 is 5.75. The fourth-order valence-corrected chi connectivity index (χ4v) is 1.95. The van der Waals surface area contributed by atoms with Gasteiger partial charge in [0.15, 0.2) is 0 Å². The fourth-order valence-electron chi connectivity index (χ4n) is 1.77. The lowest BCUT2D eigenvalue weighted by molar-refractivity contribution is -0.117. The van der Waals surface area contributed by atoms with Crippen LogP contribution in [0.5, 0.6) is 0 Å². The summed E-state index contributed by atoms with van der Waals surface area (Å²) in [7, 11) is 3.73. The zero-order valence-corrected chi connectivity index (χ0v) is 12.7. The lowest BCUT2D eigenvalue weighted by Crippen LogP contribution is -2.46. The monoisotopic (exact) mass is 297 g/mol. The van der Waals surface area contributed by atoms with E-state index in [4.69, 9.17) is 11.6 Å². The number of aromatic nitrogens is 1. The second-order valence-electron chi connectivity index (χ2n) is 5.20. The molecule has 1 rings (SSSR count). The molecule has 1 aromatic rings. The third kappa shape index (κ3) is 6.65. The van der Waals surface area contributed by atoms with Crippen LogP contribution in [0.4, 0.5) is 0 Å². The molecule has 0 aliphatic rings. The van der Waals surface area contributed by atoms with Crippen LogP contribution in [0.2, 0.25) is 5.15 Å². The normalized spacial score (nSPS) is 14.5. The fraction of sp³-hybridized carbons (Fsp3) is 0.429. The minimum atomic E-state index is -0.965. The average Bonchev–Trinajstić information content (AvgIpc) is 2.32. The predicted molar refractivity (Wildman–Crippen MR) is 80.5 cm³/mol. The molecule has 0 fully saturated rings. The van der Waals surface area contributed by atoms with E-state index in [1.54, 1.807) is 31.3 Å². The van der Waals surface area contributed by atoms with Crippen LogP contribution in [-0.4, -0.2) is 53.7 Å². The summed E-state index contributed by atoms with van der Waals surface area (Å²) in [6.07, 6.45) is 4.61. The number of pyridine rings is 1. The standard InChI is InChI=1S/C14H20ClN3O2/c1-14(20,10-18(2)3)9-17-13(19)5-4-11-6-7-16-12(15)8-11/h4-8,20H,9-10H2,1-3H3,(H,17,19)/b5-4+. The van der Waals surface area contributed by atoms with E-state index >= 15 is 0 Å². The Morgan fingerprint density at radius 2 is 2.30 bits per heavy atom. The Balaban J connectivity index is 2.48. The minimum Gasteiger partial charge on any atom is -0.387 e. The Bertz CT molecular complexity index is 487. The molecule has 1 unspecified atom stereocenters. The van der Waals surface area contributed by atoms with E-state index in [2.05, 4.69) is 10.3 Å². The quantitative estimate of drug-likeness (QED) is 0.611. The van der Waals surface area contributed by atoms with E-state index in [0.29, 0.717) is 11.7 Å². The predicted octanol–water partition coefficient (Wildman–Crippen LogP) is 1.18. The summed E-state index contributed by atoms with van der Waals surface area (Å²) < 4.78 is 0. The maximum Gasteiger partial charge on any atom is 0.244 e. The van der Waals surface area contributed by atoms with Crippen molar-refractivity contribution >= 4 is 23.6 Å². The number of aliphatic hydroxyl groups is 1. The highest BCUT2D eigenvalue weighted by molar-refractivity contribution is 6.29. The first-order valence-corrected chi connectivity index (χ1v) is 6.61. The van der Waals surface area contributed by atoms with Crippen molar-refractivity contribution in [2.45, 2.75) is 12.5 Å². The van der Waals surface area contributed by atoms with Gasteiger partial charge >= 0.3 is 0 Å². The molecule has 0 aliphatic heterocycles. The smallest absolute Gasteiger partial charge is 0.244 e. The summed E-state index contributed by atoms with van der Waals surface area (Å²) in [5, 5.41) is 13.1. The van der Waals surface area contributed by atoms with Crippen molar-refractivity contribution in [2.24, 2.45) is 0 Å². The Morgan fingerprint density at radius 3 is 2.90 bits per heavy atom. The highest BCUT2D eigenvalue weighted by Crippen LogP contribution is 2.08. The summed E-state index contributed by atoms with van der Waals surface area (Å²) in [6.45, 7) is 2.34. The Kier molecular flexibility index (Phi) is 6.13. The molecule has 1 amide bonds. The first-order valence-electron chi connectivity index (χ1n) is 6.23. The van der Waals surface area contributed by atoms with Crippen molar-refractivity contribution in [2.75, 3.05) is 27.2 Å². The molecule has 0 aromatic carbocycles. The molecule has 5 nitrogen and oxygen atoms in total. The van der Waals surface area contributed by atoms with Gasteiger partial charge in [0.1, 0.15) is 5.15 Å². The molecule has 0 saturated carbocycles. The molecule has 0 radical (unpaired) electrons. The van der Waals surface area contributed by atoms with Gasteiger partial charge in [-0.3, -0.25) is 4.79 Å². The Hall–Kier alpha value is -1.43. The van der Waals surface area contributed by atoms with Gasteiger partial charge in [-0.05, 0) is 44.8 Å². The number of halogens is 1. The van der Waals surface area contributed by atoms with Crippen molar-refractivity contribution in [3.05, 3.63) is 35.1 Å². The van der Waals surface area contributed by atoms with Crippen molar-refractivity contribution in [3.63, 3.8) is 0 Å². The van der Waals surface area contributed by atoms with E-state index in [1.165, 1.54) is 6.08 Å². The second kappa shape index (κ2) is 7.38. The molecule has 0 saturated heterocycles. The van der Waals surface area contributed by atoms with Crippen molar-refractivity contribution < 1.29 is 9.90 Å². The van der Waals surface area contributed by atoms with E-state index in [9.17, 15) is 9.90 Å². The van der Waals surface area contributed by atoms with Crippen LogP contribution < -0.4 is 5.32 Å². The molecule has 1 heterocycles. The van der Waals surface area contributed by atoms with Crippen molar-refractivity contribution in [3.8, 4) is 0 Å². The summed E-state index contributed by atoms with van der Waals surface area (Å²) in [4.78, 5) is 17.4. The molecular formula is C14H20ClN3O2.